The summed E-state index contributed by atoms with van der Waals surface area (Å²) >= 11 is 0. The van der Waals surface area contributed by atoms with Gasteiger partial charge in [0.05, 0.1) is 16.7 Å². The Bertz CT molecular complexity index is 1960. The van der Waals surface area contributed by atoms with Crippen molar-refractivity contribution in [2.75, 3.05) is 0 Å². The van der Waals surface area contributed by atoms with Crippen molar-refractivity contribution in [3.05, 3.63) is 97.0 Å². The maximum atomic E-state index is 12.4. The number of amides is 1. The highest BCUT2D eigenvalue weighted by atomic mass is 16.4. The summed E-state index contributed by atoms with van der Waals surface area (Å²) in [7, 11) is 0. The van der Waals surface area contributed by atoms with E-state index in [1.54, 1.807) is 23.4 Å². The molecule has 4 aromatic heterocycles. The SMILES string of the molecule is CC(C)(C)N(C(=O)O)C1(c2ccc(-c3nc4ccn5c(-c6ncccn6)nnc5c4cc3-c3ccccc3)cc2)CCC1. The number of rotatable bonds is 5. The lowest BCUT2D eigenvalue weighted by Gasteiger charge is -2.54. The molecule has 1 aliphatic carbocycles. The summed E-state index contributed by atoms with van der Waals surface area (Å²) < 4.78 is 1.89. The van der Waals surface area contributed by atoms with Crippen molar-refractivity contribution >= 4 is 22.6 Å². The first-order valence-corrected chi connectivity index (χ1v) is 14.4. The van der Waals surface area contributed by atoms with Gasteiger partial charge in [0.1, 0.15) is 0 Å². The Hall–Kier alpha value is -5.18. The molecular weight excluding hydrogens is 538 g/mol. The minimum Gasteiger partial charge on any atom is -0.465 e. The van der Waals surface area contributed by atoms with Gasteiger partial charge in [-0.05, 0) is 69.4 Å². The highest BCUT2D eigenvalue weighted by Gasteiger charge is 2.50. The average molecular weight is 570 g/mol. The molecule has 1 fully saturated rings. The van der Waals surface area contributed by atoms with E-state index in [2.05, 4.69) is 62.6 Å². The van der Waals surface area contributed by atoms with Gasteiger partial charge in [0.2, 0.25) is 5.82 Å². The minimum absolute atomic E-state index is 0.500. The van der Waals surface area contributed by atoms with Gasteiger partial charge in [-0.1, -0.05) is 54.6 Å². The van der Waals surface area contributed by atoms with Gasteiger partial charge in [-0.3, -0.25) is 9.30 Å². The zero-order chi connectivity index (χ0) is 29.8. The first-order chi connectivity index (χ1) is 20.8. The van der Waals surface area contributed by atoms with Crippen LogP contribution in [0.5, 0.6) is 0 Å². The number of aromatic nitrogens is 6. The van der Waals surface area contributed by atoms with E-state index >= 15 is 0 Å². The van der Waals surface area contributed by atoms with E-state index in [0.717, 1.165) is 58.1 Å². The Morgan fingerprint density at radius 1 is 0.907 bits per heavy atom. The van der Waals surface area contributed by atoms with Crippen LogP contribution < -0.4 is 0 Å². The molecule has 1 N–H and O–H groups in total. The van der Waals surface area contributed by atoms with Gasteiger partial charge in [-0.15, -0.1) is 10.2 Å². The van der Waals surface area contributed by atoms with Crippen LogP contribution in [0.1, 0.15) is 45.6 Å². The summed E-state index contributed by atoms with van der Waals surface area (Å²) in [5.41, 5.74) is 5.23. The molecule has 0 saturated heterocycles. The van der Waals surface area contributed by atoms with Crippen LogP contribution in [0.2, 0.25) is 0 Å². The minimum atomic E-state index is -0.888. The van der Waals surface area contributed by atoms with Crippen LogP contribution in [-0.2, 0) is 5.54 Å². The highest BCUT2D eigenvalue weighted by Crippen LogP contribution is 2.50. The van der Waals surface area contributed by atoms with Crippen LogP contribution in [0.15, 0.2) is 91.4 Å². The van der Waals surface area contributed by atoms with Crippen LogP contribution in [-0.4, -0.2) is 51.2 Å². The van der Waals surface area contributed by atoms with Crippen molar-refractivity contribution in [1.29, 1.82) is 0 Å². The summed E-state index contributed by atoms with van der Waals surface area (Å²) in [4.78, 5) is 28.0. The molecule has 4 heterocycles. The quantitative estimate of drug-likeness (QED) is 0.233. The standard InChI is InChI=1S/C34H31N7O2/c1-33(2,3)41(32(42)43)34(16-7-17-34)24-13-11-23(12-14-24)28-25(22-9-5-4-6-10-22)21-26-27(37-28)15-20-40-30(26)38-39-31(40)29-35-18-8-19-36-29/h4-6,8-15,18-21H,7,16-17H2,1-3H3,(H,42,43). The number of pyridine rings is 2. The summed E-state index contributed by atoms with van der Waals surface area (Å²) in [6.45, 7) is 5.88. The second kappa shape index (κ2) is 9.97. The fraction of sp³-hybridized carbons (Fsp3) is 0.235. The molecule has 6 aromatic rings. The largest absolute Gasteiger partial charge is 0.465 e. The lowest BCUT2D eigenvalue weighted by molar-refractivity contribution is -0.0328. The Labute approximate surface area is 248 Å². The molecule has 43 heavy (non-hydrogen) atoms. The zero-order valence-corrected chi connectivity index (χ0v) is 24.3. The fourth-order valence-corrected chi connectivity index (χ4v) is 6.42. The van der Waals surface area contributed by atoms with Crippen LogP contribution in [0.25, 0.3) is 50.6 Å². The van der Waals surface area contributed by atoms with E-state index in [1.165, 1.54) is 0 Å². The molecule has 1 aliphatic rings. The maximum absolute atomic E-state index is 12.4. The predicted molar refractivity (Wildman–Crippen MR) is 165 cm³/mol. The molecule has 0 spiro atoms. The molecule has 0 bridgehead atoms. The Balaban J connectivity index is 1.37. The zero-order valence-electron chi connectivity index (χ0n) is 24.3. The van der Waals surface area contributed by atoms with E-state index in [-0.39, 0.29) is 0 Å². The third-order valence-electron chi connectivity index (χ3n) is 8.39. The molecule has 1 amide bonds. The summed E-state index contributed by atoms with van der Waals surface area (Å²) in [5.74, 6) is 1.06. The topological polar surface area (TPSA) is 109 Å². The molecule has 1 saturated carbocycles. The first-order valence-electron chi connectivity index (χ1n) is 14.4. The van der Waals surface area contributed by atoms with Crippen LogP contribution >= 0.6 is 0 Å². The number of carboxylic acid groups (broad SMARTS) is 1. The molecule has 0 radical (unpaired) electrons. The molecule has 214 valence electrons. The second-order valence-electron chi connectivity index (χ2n) is 12.0. The van der Waals surface area contributed by atoms with E-state index in [1.807, 2.05) is 55.6 Å². The summed E-state index contributed by atoms with van der Waals surface area (Å²) in [5, 5.41) is 20.0. The van der Waals surface area contributed by atoms with Gasteiger partial charge in [0, 0.05) is 40.6 Å². The van der Waals surface area contributed by atoms with Crippen molar-refractivity contribution in [2.24, 2.45) is 0 Å². The fourth-order valence-electron chi connectivity index (χ4n) is 6.42. The Morgan fingerprint density at radius 2 is 1.63 bits per heavy atom. The summed E-state index contributed by atoms with van der Waals surface area (Å²) in [6, 6.07) is 24.3. The molecule has 7 rings (SSSR count). The lowest BCUT2D eigenvalue weighted by atomic mass is 9.69. The van der Waals surface area contributed by atoms with Crippen LogP contribution in [0, 0.1) is 0 Å². The molecule has 9 nitrogen and oxygen atoms in total. The van der Waals surface area contributed by atoms with E-state index in [4.69, 9.17) is 4.98 Å². The van der Waals surface area contributed by atoms with E-state index < -0.39 is 17.2 Å². The average Bonchev–Trinajstić information content (AvgIpc) is 3.43. The first kappa shape index (κ1) is 26.7. The number of hydrogen-bond donors (Lipinski definition) is 1. The monoisotopic (exact) mass is 569 g/mol. The van der Waals surface area contributed by atoms with Gasteiger partial charge < -0.3 is 5.11 Å². The van der Waals surface area contributed by atoms with Crippen LogP contribution in [0.4, 0.5) is 4.79 Å². The Morgan fingerprint density at radius 3 is 2.26 bits per heavy atom. The molecule has 9 heteroatoms. The molecule has 0 atom stereocenters. The molecule has 2 aromatic carbocycles. The second-order valence-corrected chi connectivity index (χ2v) is 12.0. The number of hydrogen-bond acceptors (Lipinski definition) is 6. The summed E-state index contributed by atoms with van der Waals surface area (Å²) in [6.07, 6.45) is 7.01. The van der Waals surface area contributed by atoms with Gasteiger partial charge in [-0.2, -0.15) is 0 Å². The van der Waals surface area contributed by atoms with Gasteiger partial charge >= 0.3 is 6.09 Å². The van der Waals surface area contributed by atoms with E-state index in [9.17, 15) is 9.90 Å². The van der Waals surface area contributed by atoms with Crippen molar-refractivity contribution in [3.8, 4) is 34.0 Å². The molecule has 0 unspecified atom stereocenters. The normalized spacial score (nSPS) is 14.5. The van der Waals surface area contributed by atoms with Crippen molar-refractivity contribution in [2.45, 2.75) is 51.1 Å². The third kappa shape index (κ3) is 4.39. The predicted octanol–water partition coefficient (Wildman–Crippen LogP) is 7.23. The number of carbonyl (C=O) groups is 1. The number of nitrogens with zero attached hydrogens (tertiary/aromatic N) is 7. The van der Waals surface area contributed by atoms with Gasteiger partial charge in [-0.25, -0.2) is 19.7 Å². The lowest BCUT2D eigenvalue weighted by Crippen LogP contribution is -2.60. The number of benzene rings is 2. The number of fused-ring (bicyclic) bond motifs is 3. The smallest absolute Gasteiger partial charge is 0.408 e. The van der Waals surface area contributed by atoms with Crippen LogP contribution in [0.3, 0.4) is 0 Å². The third-order valence-corrected chi connectivity index (χ3v) is 8.39. The molecular formula is C34H31N7O2. The maximum Gasteiger partial charge on any atom is 0.408 e. The van der Waals surface area contributed by atoms with Crippen molar-refractivity contribution in [1.82, 2.24) is 34.4 Å². The van der Waals surface area contributed by atoms with Crippen molar-refractivity contribution in [3.63, 3.8) is 0 Å². The highest BCUT2D eigenvalue weighted by molar-refractivity contribution is 5.98. The van der Waals surface area contributed by atoms with Crippen molar-refractivity contribution < 1.29 is 9.90 Å². The molecule has 0 aliphatic heterocycles. The van der Waals surface area contributed by atoms with Gasteiger partial charge in [0.25, 0.3) is 0 Å². The van der Waals surface area contributed by atoms with Gasteiger partial charge in [0.15, 0.2) is 11.5 Å². The van der Waals surface area contributed by atoms with E-state index in [0.29, 0.717) is 17.3 Å². The Kier molecular flexibility index (Phi) is 6.19.